The zero-order valence-corrected chi connectivity index (χ0v) is 46.3. The summed E-state index contributed by atoms with van der Waals surface area (Å²) in [7, 11) is -2.85. The molecule has 384 valence electrons. The van der Waals surface area contributed by atoms with Crippen LogP contribution in [0.15, 0.2) is 231 Å². The van der Waals surface area contributed by atoms with Gasteiger partial charge in [0.1, 0.15) is 0 Å². The molecular formula is C75H70N2Si. The second kappa shape index (κ2) is 17.9. The van der Waals surface area contributed by atoms with Crippen LogP contribution in [0, 0.1) is 47.3 Å². The van der Waals surface area contributed by atoms with Gasteiger partial charge in [-0.1, -0.05) is 202 Å². The van der Waals surface area contributed by atoms with E-state index < -0.39 is 8.07 Å². The molecule has 6 fully saturated rings. The summed E-state index contributed by atoms with van der Waals surface area (Å²) in [5.41, 5.74) is 16.4. The van der Waals surface area contributed by atoms with Crippen molar-refractivity contribution >= 4 is 62.9 Å². The molecule has 6 aliphatic carbocycles. The summed E-state index contributed by atoms with van der Waals surface area (Å²) < 4.78 is 0. The number of benzene rings is 9. The molecule has 4 atom stereocenters. The van der Waals surface area contributed by atoms with E-state index in [0.29, 0.717) is 23.7 Å². The van der Waals surface area contributed by atoms with Crippen LogP contribution in [0.5, 0.6) is 0 Å². The van der Waals surface area contributed by atoms with Crippen molar-refractivity contribution in [1.82, 2.24) is 0 Å². The lowest BCUT2D eigenvalue weighted by Gasteiger charge is -2.64. The maximum absolute atomic E-state index is 2.85. The molecule has 78 heavy (non-hydrogen) atoms. The van der Waals surface area contributed by atoms with Crippen molar-refractivity contribution in [3.8, 4) is 11.1 Å². The van der Waals surface area contributed by atoms with E-state index in [1.54, 1.807) is 11.1 Å². The normalized spacial score (nSPS) is 25.5. The lowest BCUT2D eigenvalue weighted by molar-refractivity contribution is -0.0419. The van der Waals surface area contributed by atoms with Gasteiger partial charge in [0.2, 0.25) is 0 Å². The predicted octanol–water partition coefficient (Wildman–Crippen LogP) is 16.4. The fourth-order valence-electron chi connectivity index (χ4n) is 19.4. The molecule has 1 unspecified atom stereocenters. The van der Waals surface area contributed by atoms with Gasteiger partial charge in [-0.2, -0.15) is 0 Å². The van der Waals surface area contributed by atoms with Crippen molar-refractivity contribution in [3.63, 3.8) is 0 Å². The molecule has 0 aromatic heterocycles. The van der Waals surface area contributed by atoms with Crippen LogP contribution >= 0.6 is 0 Å². The van der Waals surface area contributed by atoms with E-state index >= 15 is 0 Å². The summed E-state index contributed by atoms with van der Waals surface area (Å²) in [6.07, 6.45) is 12.2. The van der Waals surface area contributed by atoms with Crippen molar-refractivity contribution in [1.29, 1.82) is 0 Å². The number of hydrogen-bond acceptors (Lipinski definition) is 2. The third-order valence-electron chi connectivity index (χ3n) is 21.6. The van der Waals surface area contributed by atoms with Gasteiger partial charge in [-0.25, -0.2) is 0 Å². The Balaban J connectivity index is 0.952. The average molecular weight is 1030 g/mol. The van der Waals surface area contributed by atoms with Gasteiger partial charge < -0.3 is 9.80 Å². The highest BCUT2D eigenvalue weighted by atomic mass is 28.3. The minimum Gasteiger partial charge on any atom is -0.310 e. The molecular weight excluding hydrogens is 957 g/mol. The van der Waals surface area contributed by atoms with Crippen LogP contribution in [0.4, 0.5) is 34.1 Å². The molecule has 0 amide bonds. The molecule has 2 heterocycles. The van der Waals surface area contributed by atoms with Gasteiger partial charge in [0.05, 0.1) is 22.7 Å². The molecule has 0 N–H and O–H groups in total. The second-order valence-corrected chi connectivity index (χ2v) is 29.3. The van der Waals surface area contributed by atoms with Crippen LogP contribution in [-0.4, -0.2) is 8.07 Å². The van der Waals surface area contributed by atoms with Gasteiger partial charge >= 0.3 is 0 Å². The van der Waals surface area contributed by atoms with Crippen molar-refractivity contribution in [2.75, 3.05) is 9.80 Å². The highest BCUT2D eigenvalue weighted by molar-refractivity contribution is 7.19. The predicted molar refractivity (Wildman–Crippen MR) is 327 cm³/mol. The second-order valence-electron chi connectivity index (χ2n) is 25.5. The summed E-state index contributed by atoms with van der Waals surface area (Å²) in [5.74, 6) is 5.79. The van der Waals surface area contributed by atoms with Crippen LogP contribution in [0.1, 0.15) is 93.9 Å². The van der Waals surface area contributed by atoms with Gasteiger partial charge in [-0.15, -0.1) is 0 Å². The smallest absolute Gasteiger partial charge is 0.179 e. The zero-order chi connectivity index (χ0) is 51.7. The van der Waals surface area contributed by atoms with Crippen LogP contribution in [0.3, 0.4) is 0 Å². The summed E-state index contributed by atoms with van der Waals surface area (Å²) in [5, 5.41) is 5.55. The molecule has 8 aliphatic rings. The molecule has 17 rings (SSSR count). The van der Waals surface area contributed by atoms with E-state index in [0.717, 1.165) is 23.7 Å². The van der Waals surface area contributed by atoms with Crippen molar-refractivity contribution in [2.45, 2.75) is 82.5 Å². The molecule has 9 aromatic rings. The maximum Gasteiger partial charge on any atom is 0.179 e. The standard InChI is InChI=1S/C75H70N2Si/c1-50-37-52-39-51(2)74(57(38-50)41-52)66-29-12-16-33-70(66)76(71-34-17-13-30-67(71)74)60-46-56(55-21-20-28-65(48-55)78(62-22-6-3-7-23-62,63-24-8-4-9-25-63)64-26-10-5-11-27-64)47-61(49-60)77-72-35-18-14-31-68(72)75(69-32-15-19-36-73(69)77)58-42-53-40-54(44-58)45-59(75)43-53/h3-36,46-54,57-59H,37-45H2,1-2H3/t50-,51+,52-,53?,54?,57?,58?,59?/m0/s1. The summed E-state index contributed by atoms with van der Waals surface area (Å²) in [4.78, 5) is 5.39. The van der Waals surface area contributed by atoms with E-state index in [-0.39, 0.29) is 10.8 Å². The number of para-hydroxylation sites is 4. The van der Waals surface area contributed by atoms with Gasteiger partial charge in [-0.3, -0.25) is 0 Å². The molecule has 9 aromatic carbocycles. The van der Waals surface area contributed by atoms with Crippen LogP contribution in [-0.2, 0) is 10.8 Å². The number of fused-ring (bicyclic) bond motifs is 9. The molecule has 0 radical (unpaired) electrons. The molecule has 2 spiro atoms. The lowest BCUT2D eigenvalue weighted by atomic mass is 9.41. The number of hydrogen-bond donors (Lipinski definition) is 0. The Kier molecular flexibility index (Phi) is 10.8. The number of anilines is 6. The minimum absolute atomic E-state index is 0.0253. The van der Waals surface area contributed by atoms with Crippen molar-refractivity contribution in [2.24, 2.45) is 47.3 Å². The highest BCUT2D eigenvalue weighted by Gasteiger charge is 2.62. The Morgan fingerprint density at radius 2 is 0.705 bits per heavy atom. The van der Waals surface area contributed by atoms with E-state index in [2.05, 4.69) is 254 Å². The van der Waals surface area contributed by atoms with E-state index in [1.165, 1.54) is 135 Å². The Bertz CT molecular complexity index is 3520. The van der Waals surface area contributed by atoms with Gasteiger partial charge in [0.15, 0.2) is 8.07 Å². The number of rotatable bonds is 7. The van der Waals surface area contributed by atoms with Gasteiger partial charge in [0, 0.05) is 22.2 Å². The summed E-state index contributed by atoms with van der Waals surface area (Å²) in [6.45, 7) is 5.14. The van der Waals surface area contributed by atoms with Gasteiger partial charge in [0.25, 0.3) is 0 Å². The van der Waals surface area contributed by atoms with Crippen LogP contribution in [0.25, 0.3) is 11.1 Å². The Morgan fingerprint density at radius 1 is 0.321 bits per heavy atom. The lowest BCUT2D eigenvalue weighted by Crippen LogP contribution is -2.74. The Morgan fingerprint density at radius 3 is 1.17 bits per heavy atom. The fraction of sp³-hybridized carbons (Fsp3) is 0.280. The molecule has 3 heteroatoms. The number of nitrogens with zero attached hydrogens (tertiary/aromatic N) is 2. The van der Waals surface area contributed by atoms with Crippen LogP contribution in [0.2, 0.25) is 0 Å². The summed E-state index contributed by atoms with van der Waals surface area (Å²) >= 11 is 0. The highest BCUT2D eigenvalue weighted by Crippen LogP contribution is 2.70. The topological polar surface area (TPSA) is 6.48 Å². The fourth-order valence-corrected chi connectivity index (χ4v) is 24.2. The quantitative estimate of drug-likeness (QED) is 0.116. The molecule has 6 bridgehead atoms. The summed E-state index contributed by atoms with van der Waals surface area (Å²) in [6, 6.07) is 90.4. The maximum atomic E-state index is 2.70. The first kappa shape index (κ1) is 46.9. The average Bonchev–Trinajstić information content (AvgIpc) is 3.22. The third-order valence-corrected chi connectivity index (χ3v) is 26.4. The van der Waals surface area contributed by atoms with E-state index in [1.807, 2.05) is 0 Å². The molecule has 0 saturated heterocycles. The zero-order valence-electron chi connectivity index (χ0n) is 45.3. The van der Waals surface area contributed by atoms with Crippen LogP contribution < -0.4 is 30.5 Å². The van der Waals surface area contributed by atoms with Gasteiger partial charge in [-0.05, 0) is 202 Å². The first-order valence-electron chi connectivity index (χ1n) is 29.8. The third kappa shape index (κ3) is 6.61. The first-order valence-corrected chi connectivity index (χ1v) is 31.8. The van der Waals surface area contributed by atoms with E-state index in [9.17, 15) is 0 Å². The molecule has 2 nitrogen and oxygen atoms in total. The Labute approximate surface area is 463 Å². The van der Waals surface area contributed by atoms with Crippen molar-refractivity contribution in [3.05, 3.63) is 253 Å². The SMILES string of the molecule is C[C@@H]1CC2C[C@@H](C1)C[C@@H](C)C21c2ccccc2N(c2cc(-c3cccc([Si](c4ccccc4)(c4ccccc4)c4ccccc4)c3)cc(N3c4ccccc4C4(c5ccccc53)C3CC5CC(C3)CC4C5)c2)c2ccccc21. The van der Waals surface area contributed by atoms with E-state index in [4.69, 9.17) is 0 Å². The Hall–Kier alpha value is -7.20. The largest absolute Gasteiger partial charge is 0.310 e. The molecule has 6 saturated carbocycles. The first-order chi connectivity index (χ1) is 38.4. The monoisotopic (exact) mass is 1030 g/mol. The van der Waals surface area contributed by atoms with Crippen molar-refractivity contribution < 1.29 is 0 Å². The minimum atomic E-state index is -2.85. The molecule has 2 aliphatic heterocycles.